The highest BCUT2D eigenvalue weighted by Crippen LogP contribution is 2.38. The molecule has 4 heterocycles. The Morgan fingerprint density at radius 3 is 2.70 bits per heavy atom. The van der Waals surface area contributed by atoms with Crippen molar-refractivity contribution in [1.82, 2.24) is 29.0 Å². The molecular formula is C25H26N8O3S. The second kappa shape index (κ2) is 8.29. The molecule has 1 aromatic carbocycles. The summed E-state index contributed by atoms with van der Waals surface area (Å²) in [6, 6.07) is 4.33. The van der Waals surface area contributed by atoms with E-state index in [0.717, 1.165) is 18.4 Å². The molecule has 0 unspecified atom stereocenters. The number of fused-ring (bicyclic) bond motifs is 3. The zero-order chi connectivity index (χ0) is 25.9. The van der Waals surface area contributed by atoms with E-state index in [2.05, 4.69) is 31.6 Å². The van der Waals surface area contributed by atoms with Crippen molar-refractivity contribution < 1.29 is 13.2 Å². The maximum atomic E-state index is 13.8. The molecule has 1 N–H and O–H groups in total. The first-order valence-electron chi connectivity index (χ1n) is 11.9. The van der Waals surface area contributed by atoms with Crippen LogP contribution in [-0.2, 0) is 30.7 Å². The second-order valence-electron chi connectivity index (χ2n) is 9.98. The zero-order valence-electron chi connectivity index (χ0n) is 20.7. The number of rotatable bonds is 5. The van der Waals surface area contributed by atoms with E-state index in [1.165, 1.54) is 12.1 Å². The minimum Gasteiger partial charge on any atom is -0.339 e. The van der Waals surface area contributed by atoms with Crippen LogP contribution in [0.1, 0.15) is 41.4 Å². The molecule has 1 fully saturated rings. The number of amides is 1. The summed E-state index contributed by atoms with van der Waals surface area (Å²) in [6.07, 6.45) is 8.63. The molecule has 1 aliphatic carbocycles. The largest absolute Gasteiger partial charge is 0.339 e. The van der Waals surface area contributed by atoms with Crippen LogP contribution in [0.4, 0.5) is 5.69 Å². The average Bonchev–Trinajstić information content (AvgIpc) is 3.21. The first-order chi connectivity index (χ1) is 17.6. The Balaban J connectivity index is 1.41. The van der Waals surface area contributed by atoms with E-state index in [9.17, 15) is 13.2 Å². The number of sulfonamides is 1. The zero-order valence-corrected chi connectivity index (χ0v) is 21.5. The highest BCUT2D eigenvalue weighted by molar-refractivity contribution is 7.89. The van der Waals surface area contributed by atoms with Crippen LogP contribution >= 0.6 is 0 Å². The molecule has 37 heavy (non-hydrogen) atoms. The molecule has 1 saturated carbocycles. The van der Waals surface area contributed by atoms with E-state index in [4.69, 9.17) is 0 Å². The lowest BCUT2D eigenvalue weighted by Gasteiger charge is -2.37. The van der Waals surface area contributed by atoms with Gasteiger partial charge in [-0.15, -0.1) is 0 Å². The molecule has 0 saturated heterocycles. The third-order valence-electron chi connectivity index (χ3n) is 6.74. The third-order valence-corrected chi connectivity index (χ3v) is 8.38. The van der Waals surface area contributed by atoms with Crippen molar-refractivity contribution in [2.75, 3.05) is 11.4 Å². The number of aryl methyl sites for hydroxylation is 2. The molecule has 3 aromatic rings. The van der Waals surface area contributed by atoms with Gasteiger partial charge < -0.3 is 4.57 Å². The lowest BCUT2D eigenvalue weighted by molar-refractivity contribution is 0.0833. The summed E-state index contributed by atoms with van der Waals surface area (Å²) >= 11 is 0. The summed E-state index contributed by atoms with van der Waals surface area (Å²) in [4.78, 5) is 26.2. The van der Waals surface area contributed by atoms with Crippen LogP contribution in [0.3, 0.4) is 0 Å². The van der Waals surface area contributed by atoms with Gasteiger partial charge in [0.15, 0.2) is 0 Å². The van der Waals surface area contributed by atoms with Gasteiger partial charge in [0.1, 0.15) is 11.7 Å². The van der Waals surface area contributed by atoms with Gasteiger partial charge in [0, 0.05) is 37.6 Å². The van der Waals surface area contributed by atoms with Crippen LogP contribution in [0, 0.1) is 11.8 Å². The highest BCUT2D eigenvalue weighted by Gasteiger charge is 2.44. The molecule has 0 spiro atoms. The number of aromatic nitrogens is 4. The van der Waals surface area contributed by atoms with Crippen LogP contribution in [0.2, 0.25) is 0 Å². The molecule has 190 valence electrons. The van der Waals surface area contributed by atoms with Crippen LogP contribution < -0.4 is 9.62 Å². The Bertz CT molecular complexity index is 1620. The third kappa shape index (κ3) is 4.30. The number of carbonyl (C=O) groups is 1. The van der Waals surface area contributed by atoms with Gasteiger partial charge in [0.05, 0.1) is 41.8 Å². The Morgan fingerprint density at radius 2 is 2.03 bits per heavy atom. The van der Waals surface area contributed by atoms with Crippen molar-refractivity contribution in [3.05, 3.63) is 59.9 Å². The summed E-state index contributed by atoms with van der Waals surface area (Å²) in [5.41, 5.74) is 1.92. The summed E-state index contributed by atoms with van der Waals surface area (Å²) in [7, 11) is -0.100. The molecule has 3 aliphatic rings. The summed E-state index contributed by atoms with van der Waals surface area (Å²) in [6.45, 7) is 2.49. The van der Waals surface area contributed by atoms with Crippen molar-refractivity contribution in [1.29, 1.82) is 0 Å². The van der Waals surface area contributed by atoms with Crippen molar-refractivity contribution in [2.45, 2.75) is 42.8 Å². The van der Waals surface area contributed by atoms with Gasteiger partial charge in [-0.25, -0.2) is 23.1 Å². The van der Waals surface area contributed by atoms with Crippen molar-refractivity contribution in [3.63, 3.8) is 0 Å². The fraction of sp³-hybridized carbons (Fsp3) is 0.360. The monoisotopic (exact) mass is 518 g/mol. The fourth-order valence-corrected chi connectivity index (χ4v) is 6.04. The Kier molecular flexibility index (Phi) is 5.25. The molecule has 2 aromatic heterocycles. The first-order valence-corrected chi connectivity index (χ1v) is 13.4. The van der Waals surface area contributed by atoms with Crippen molar-refractivity contribution >= 4 is 27.6 Å². The first kappa shape index (κ1) is 23.4. The SMILES string of the molecule is Cn1cnc(C#C[C@@H]2CN=C3N(Cc4cnn(C)c4)C(=O)c4cc(S(=O)(=O)NC5(C)CC5)ccc4N32)c1. The number of hydrogen-bond acceptors (Lipinski definition) is 7. The molecule has 1 amide bonds. The minimum absolute atomic E-state index is 0.0600. The van der Waals surface area contributed by atoms with E-state index < -0.39 is 15.6 Å². The summed E-state index contributed by atoms with van der Waals surface area (Å²) in [5, 5.41) is 4.21. The van der Waals surface area contributed by atoms with E-state index >= 15 is 0 Å². The normalized spacial score (nSPS) is 19.7. The number of aliphatic imine (C=N–C) groups is 1. The predicted molar refractivity (Wildman–Crippen MR) is 136 cm³/mol. The quantitative estimate of drug-likeness (QED) is 0.508. The second-order valence-corrected chi connectivity index (χ2v) is 11.7. The molecule has 0 radical (unpaired) electrons. The van der Waals surface area contributed by atoms with Gasteiger partial charge in [0.25, 0.3) is 5.91 Å². The Labute approximate surface area is 214 Å². The van der Waals surface area contributed by atoms with Gasteiger partial charge in [-0.05, 0) is 43.9 Å². The molecule has 11 nitrogen and oxygen atoms in total. The van der Waals surface area contributed by atoms with Gasteiger partial charge >= 0.3 is 0 Å². The topological polar surface area (TPSA) is 118 Å². The molecule has 2 aliphatic heterocycles. The van der Waals surface area contributed by atoms with Crippen LogP contribution in [0.5, 0.6) is 0 Å². The summed E-state index contributed by atoms with van der Waals surface area (Å²) in [5.74, 6) is 6.51. The number of imidazole rings is 1. The molecule has 1 atom stereocenters. The number of hydrogen-bond donors (Lipinski definition) is 1. The van der Waals surface area contributed by atoms with E-state index in [-0.39, 0.29) is 23.4 Å². The Morgan fingerprint density at radius 1 is 1.22 bits per heavy atom. The maximum absolute atomic E-state index is 13.8. The number of nitrogens with one attached hydrogen (secondary N) is 1. The lowest BCUT2D eigenvalue weighted by atomic mass is 10.1. The van der Waals surface area contributed by atoms with Crippen molar-refractivity contribution in [2.24, 2.45) is 19.1 Å². The Hall–Kier alpha value is -3.95. The number of anilines is 1. The van der Waals surface area contributed by atoms with Gasteiger partial charge in [-0.2, -0.15) is 5.10 Å². The lowest BCUT2D eigenvalue weighted by Crippen LogP contribution is -2.52. The number of guanidine groups is 1. The van der Waals surface area contributed by atoms with Crippen LogP contribution in [0.15, 0.2) is 53.0 Å². The maximum Gasteiger partial charge on any atom is 0.263 e. The van der Waals surface area contributed by atoms with Crippen LogP contribution in [-0.4, -0.2) is 62.6 Å². The fourth-order valence-electron chi connectivity index (χ4n) is 4.55. The minimum atomic E-state index is -3.79. The highest BCUT2D eigenvalue weighted by atomic mass is 32.2. The average molecular weight is 519 g/mol. The standard InChI is InChI=1S/C25H26N8O3S/c1-25(8-9-25)29-37(35,36)20-6-7-22-21(10-20)23(34)32(14-17-11-28-31(3)13-17)24-26-12-19(33(22)24)5-4-18-15-30(2)16-27-18/h6-7,10-11,13,15-16,19,29H,8-9,12,14H2,1-3H3/t19-/m1/s1. The predicted octanol–water partition coefficient (Wildman–Crippen LogP) is 1.24. The smallest absolute Gasteiger partial charge is 0.263 e. The van der Waals surface area contributed by atoms with Gasteiger partial charge in [0.2, 0.25) is 16.0 Å². The van der Waals surface area contributed by atoms with E-state index in [1.54, 1.807) is 28.2 Å². The van der Waals surface area contributed by atoms with E-state index in [1.807, 2.05) is 42.9 Å². The van der Waals surface area contributed by atoms with Crippen molar-refractivity contribution in [3.8, 4) is 11.8 Å². The summed E-state index contributed by atoms with van der Waals surface area (Å²) < 4.78 is 32.4. The van der Waals surface area contributed by atoms with Gasteiger partial charge in [-0.1, -0.05) is 5.92 Å². The van der Waals surface area contributed by atoms with E-state index in [0.29, 0.717) is 29.4 Å². The number of benzene rings is 1. The molecular weight excluding hydrogens is 492 g/mol. The molecule has 12 heteroatoms. The molecule has 6 rings (SSSR count). The van der Waals surface area contributed by atoms with Gasteiger partial charge in [-0.3, -0.25) is 19.3 Å². The number of nitrogens with zero attached hydrogens (tertiary/aromatic N) is 7. The van der Waals surface area contributed by atoms with Crippen LogP contribution in [0.25, 0.3) is 0 Å². The number of carbonyl (C=O) groups excluding carboxylic acids is 1. The molecule has 0 bridgehead atoms.